The first-order chi connectivity index (χ1) is 12.2. The Bertz CT molecular complexity index is 803. The number of benzene rings is 1. The summed E-state index contributed by atoms with van der Waals surface area (Å²) in [7, 11) is 1.56. The van der Waals surface area contributed by atoms with Crippen LogP contribution >= 0.6 is 0 Å². The summed E-state index contributed by atoms with van der Waals surface area (Å²) < 4.78 is 10.8. The van der Waals surface area contributed by atoms with E-state index >= 15 is 0 Å². The molecule has 1 aliphatic heterocycles. The van der Waals surface area contributed by atoms with Crippen LogP contribution in [0.3, 0.4) is 0 Å². The summed E-state index contributed by atoms with van der Waals surface area (Å²) in [6.07, 6.45) is 5.15. The van der Waals surface area contributed by atoms with Crippen molar-refractivity contribution in [3.63, 3.8) is 0 Å². The molecule has 132 valence electrons. The Morgan fingerprint density at radius 1 is 1.28 bits per heavy atom. The van der Waals surface area contributed by atoms with Gasteiger partial charge in [0.1, 0.15) is 11.3 Å². The van der Waals surface area contributed by atoms with Gasteiger partial charge >= 0.3 is 0 Å². The molecule has 2 amide bonds. The summed E-state index contributed by atoms with van der Waals surface area (Å²) in [5.41, 5.74) is 1.02. The van der Waals surface area contributed by atoms with Crippen LogP contribution in [0.5, 0.6) is 5.75 Å². The molecule has 1 aromatic heterocycles. The van der Waals surface area contributed by atoms with Gasteiger partial charge in [-0.3, -0.25) is 14.5 Å². The number of ether oxygens (including phenoxy) is 1. The molecule has 1 N–H and O–H groups in total. The molecule has 25 heavy (non-hydrogen) atoms. The summed E-state index contributed by atoms with van der Waals surface area (Å²) >= 11 is 0. The van der Waals surface area contributed by atoms with E-state index in [1.807, 2.05) is 0 Å². The number of carbonyl (C=O) groups is 2. The minimum atomic E-state index is -0.255. The molecular formula is C19H22N2O4. The number of hydrogen-bond donors (Lipinski definition) is 1. The number of fused-ring (bicyclic) bond motifs is 1. The van der Waals surface area contributed by atoms with E-state index < -0.39 is 0 Å². The lowest BCUT2D eigenvalue weighted by molar-refractivity contribution is -0.133. The van der Waals surface area contributed by atoms with Gasteiger partial charge in [-0.15, -0.1) is 0 Å². The van der Waals surface area contributed by atoms with E-state index in [0.717, 1.165) is 37.6 Å². The Labute approximate surface area is 146 Å². The van der Waals surface area contributed by atoms with Gasteiger partial charge < -0.3 is 14.5 Å². The number of piperidine rings is 1. The first-order valence-electron chi connectivity index (χ1n) is 8.82. The molecule has 6 heteroatoms. The van der Waals surface area contributed by atoms with Crippen molar-refractivity contribution in [2.24, 2.45) is 5.92 Å². The number of amides is 2. The lowest BCUT2D eigenvalue weighted by atomic mass is 9.97. The summed E-state index contributed by atoms with van der Waals surface area (Å²) in [6, 6.07) is 5.23. The van der Waals surface area contributed by atoms with E-state index in [0.29, 0.717) is 23.4 Å². The van der Waals surface area contributed by atoms with Crippen LogP contribution in [0, 0.1) is 5.92 Å². The summed E-state index contributed by atoms with van der Waals surface area (Å²) in [4.78, 5) is 27.6. The average molecular weight is 342 g/mol. The number of rotatable bonds is 4. The van der Waals surface area contributed by atoms with E-state index in [1.54, 1.807) is 31.6 Å². The fourth-order valence-corrected chi connectivity index (χ4v) is 3.51. The first kappa shape index (κ1) is 16.1. The van der Waals surface area contributed by atoms with Gasteiger partial charge in [0.15, 0.2) is 0 Å². The van der Waals surface area contributed by atoms with E-state index in [9.17, 15) is 9.59 Å². The van der Waals surface area contributed by atoms with Gasteiger partial charge in [0.25, 0.3) is 5.91 Å². The molecule has 4 rings (SSSR count). The van der Waals surface area contributed by atoms with Crippen molar-refractivity contribution in [3.8, 4) is 5.75 Å². The number of nitrogens with zero attached hydrogens (tertiary/aromatic N) is 1. The predicted molar refractivity (Wildman–Crippen MR) is 92.6 cm³/mol. The van der Waals surface area contributed by atoms with E-state index in [-0.39, 0.29) is 23.8 Å². The molecule has 6 nitrogen and oxygen atoms in total. The molecule has 0 spiro atoms. The molecule has 2 aromatic rings. The molecule has 1 atom stereocenters. The van der Waals surface area contributed by atoms with Crippen molar-refractivity contribution in [3.05, 3.63) is 30.0 Å². The fourth-order valence-electron chi connectivity index (χ4n) is 3.51. The maximum atomic E-state index is 13.1. The van der Waals surface area contributed by atoms with Crippen LogP contribution in [0.25, 0.3) is 11.0 Å². The van der Waals surface area contributed by atoms with Gasteiger partial charge in [-0.2, -0.15) is 0 Å². The Morgan fingerprint density at radius 2 is 2.12 bits per heavy atom. The number of nitrogens with one attached hydrogen (secondary N) is 1. The highest BCUT2D eigenvalue weighted by atomic mass is 16.5. The largest absolute Gasteiger partial charge is 0.496 e. The Hall–Kier alpha value is -2.34. The lowest BCUT2D eigenvalue weighted by Gasteiger charge is -2.28. The highest BCUT2D eigenvalue weighted by Crippen LogP contribution is 2.33. The zero-order valence-electron chi connectivity index (χ0n) is 14.3. The minimum Gasteiger partial charge on any atom is -0.496 e. The summed E-state index contributed by atoms with van der Waals surface area (Å²) in [5, 5.41) is 4.07. The second kappa shape index (κ2) is 6.52. The average Bonchev–Trinajstić information content (AvgIpc) is 3.36. The molecule has 1 aromatic carbocycles. The standard InChI is InChI=1S/C19H22N2O4/c1-24-16-9-13(10-17-15(16)6-8-25-17)19(23)21(14-4-5-14)18(22)12-3-2-7-20-11-12/h6,8-10,12,14,20H,2-5,7,11H2,1H3. The van der Waals surface area contributed by atoms with Gasteiger partial charge in [0, 0.05) is 18.2 Å². The highest BCUT2D eigenvalue weighted by Gasteiger charge is 2.40. The fraction of sp³-hybridized carbons (Fsp3) is 0.474. The number of furan rings is 1. The summed E-state index contributed by atoms with van der Waals surface area (Å²) in [5.74, 6) is 0.151. The van der Waals surface area contributed by atoms with Crippen molar-refractivity contribution in [2.75, 3.05) is 20.2 Å². The van der Waals surface area contributed by atoms with Crippen molar-refractivity contribution in [2.45, 2.75) is 31.7 Å². The third kappa shape index (κ3) is 3.02. The Kier molecular flexibility index (Phi) is 4.21. The van der Waals surface area contributed by atoms with E-state index in [4.69, 9.17) is 9.15 Å². The maximum Gasteiger partial charge on any atom is 0.261 e. The molecule has 1 aliphatic carbocycles. The molecule has 1 saturated carbocycles. The third-order valence-corrected chi connectivity index (χ3v) is 5.02. The molecule has 1 unspecified atom stereocenters. The predicted octanol–water partition coefficient (Wildman–Crippen LogP) is 2.57. The highest BCUT2D eigenvalue weighted by molar-refractivity contribution is 6.08. The van der Waals surface area contributed by atoms with E-state index in [2.05, 4.69) is 5.32 Å². The molecule has 1 saturated heterocycles. The van der Waals surface area contributed by atoms with E-state index in [1.165, 1.54) is 4.90 Å². The molecule has 0 radical (unpaired) electrons. The molecule has 0 bridgehead atoms. The molecule has 2 aliphatic rings. The first-order valence-corrected chi connectivity index (χ1v) is 8.82. The monoisotopic (exact) mass is 342 g/mol. The smallest absolute Gasteiger partial charge is 0.261 e. The number of methoxy groups -OCH3 is 1. The van der Waals surface area contributed by atoms with Crippen LogP contribution in [-0.2, 0) is 4.79 Å². The molecule has 2 heterocycles. The number of hydrogen-bond acceptors (Lipinski definition) is 5. The topological polar surface area (TPSA) is 71.8 Å². The molecular weight excluding hydrogens is 320 g/mol. The van der Waals surface area contributed by atoms with Gasteiger partial charge in [-0.1, -0.05) is 0 Å². The maximum absolute atomic E-state index is 13.1. The Balaban J connectivity index is 1.66. The van der Waals surface area contributed by atoms with Gasteiger partial charge in [0.2, 0.25) is 5.91 Å². The van der Waals surface area contributed by atoms with Crippen LogP contribution in [0.2, 0.25) is 0 Å². The van der Waals surface area contributed by atoms with Crippen LogP contribution in [0.4, 0.5) is 0 Å². The van der Waals surface area contributed by atoms with Crippen LogP contribution < -0.4 is 10.1 Å². The zero-order chi connectivity index (χ0) is 17.4. The van der Waals surface area contributed by atoms with Crippen molar-refractivity contribution >= 4 is 22.8 Å². The lowest BCUT2D eigenvalue weighted by Crippen LogP contribution is -2.46. The van der Waals surface area contributed by atoms with Gasteiger partial charge in [-0.25, -0.2) is 0 Å². The van der Waals surface area contributed by atoms with Gasteiger partial charge in [-0.05, 0) is 50.4 Å². The van der Waals surface area contributed by atoms with Crippen molar-refractivity contribution in [1.82, 2.24) is 10.2 Å². The zero-order valence-corrected chi connectivity index (χ0v) is 14.3. The number of carbonyl (C=O) groups excluding carboxylic acids is 2. The van der Waals surface area contributed by atoms with Gasteiger partial charge in [0.05, 0.1) is 24.7 Å². The second-order valence-electron chi connectivity index (χ2n) is 6.80. The summed E-state index contributed by atoms with van der Waals surface area (Å²) in [6.45, 7) is 1.59. The quantitative estimate of drug-likeness (QED) is 0.865. The van der Waals surface area contributed by atoms with Crippen LogP contribution in [0.15, 0.2) is 28.9 Å². The molecule has 2 fully saturated rings. The van der Waals surface area contributed by atoms with Crippen molar-refractivity contribution < 1.29 is 18.7 Å². The Morgan fingerprint density at radius 3 is 2.80 bits per heavy atom. The van der Waals surface area contributed by atoms with Crippen LogP contribution in [-0.4, -0.2) is 43.0 Å². The normalized spacial score (nSPS) is 20.4. The minimum absolute atomic E-state index is 0.0280. The second-order valence-corrected chi connectivity index (χ2v) is 6.80. The SMILES string of the molecule is COc1cc(C(=O)N(C(=O)C2CCCNC2)C2CC2)cc2occc12. The number of imide groups is 1. The van der Waals surface area contributed by atoms with Crippen molar-refractivity contribution in [1.29, 1.82) is 0 Å². The van der Waals surface area contributed by atoms with Crippen LogP contribution in [0.1, 0.15) is 36.0 Å². The third-order valence-electron chi connectivity index (χ3n) is 5.02.